The largest absolute Gasteiger partial charge is 0.492 e. The summed E-state index contributed by atoms with van der Waals surface area (Å²) < 4.78 is 11.4. The summed E-state index contributed by atoms with van der Waals surface area (Å²) in [7, 11) is 3.25. The van der Waals surface area contributed by atoms with E-state index < -0.39 is 16.7 Å². The molecule has 4 rings (SSSR count). The van der Waals surface area contributed by atoms with Gasteiger partial charge in [0.2, 0.25) is 5.91 Å². The minimum absolute atomic E-state index is 0.0641. The molecule has 1 aliphatic heterocycles. The van der Waals surface area contributed by atoms with Gasteiger partial charge in [0.05, 0.1) is 16.4 Å². The summed E-state index contributed by atoms with van der Waals surface area (Å²) in [6.07, 6.45) is 3.10. The van der Waals surface area contributed by atoms with Crippen LogP contribution in [0.15, 0.2) is 53.3 Å². The highest BCUT2D eigenvalue weighted by Gasteiger charge is 2.59. The van der Waals surface area contributed by atoms with Crippen LogP contribution in [-0.4, -0.2) is 39.2 Å². The quantitative estimate of drug-likeness (QED) is 0.770. The Balaban J connectivity index is 1.84. The molecule has 1 fully saturated rings. The average molecular weight is 396 g/mol. The molecule has 3 N–H and O–H groups in total. The maximum Gasteiger partial charge on any atom is 0.254 e. The van der Waals surface area contributed by atoms with Crippen LogP contribution in [0.1, 0.15) is 25.3 Å². The van der Waals surface area contributed by atoms with Gasteiger partial charge in [-0.05, 0) is 42.7 Å². The van der Waals surface area contributed by atoms with Crippen LogP contribution in [0.3, 0.4) is 0 Å². The van der Waals surface area contributed by atoms with Gasteiger partial charge >= 0.3 is 0 Å². The van der Waals surface area contributed by atoms with Crippen molar-refractivity contribution in [3.63, 3.8) is 0 Å². The number of carbonyl (C=O) groups excluding carboxylic acids is 2. The Morgan fingerprint density at radius 3 is 2.66 bits per heavy atom. The lowest BCUT2D eigenvalue weighted by molar-refractivity contribution is -0.126. The number of amides is 2. The summed E-state index contributed by atoms with van der Waals surface area (Å²) in [5.41, 5.74) is 7.16. The third kappa shape index (κ3) is 2.97. The molecule has 154 valence electrons. The van der Waals surface area contributed by atoms with Gasteiger partial charge in [-0.15, -0.1) is 0 Å². The van der Waals surface area contributed by atoms with E-state index in [4.69, 9.17) is 15.2 Å². The van der Waals surface area contributed by atoms with Crippen molar-refractivity contribution in [2.75, 3.05) is 27.4 Å². The number of rotatable bonds is 6. The molecular formula is C23H28N2O4. The van der Waals surface area contributed by atoms with E-state index in [0.717, 1.165) is 17.6 Å². The number of primary amides is 1. The lowest BCUT2D eigenvalue weighted by Crippen LogP contribution is -2.43. The van der Waals surface area contributed by atoms with Gasteiger partial charge in [0.1, 0.15) is 12.4 Å². The van der Waals surface area contributed by atoms with Crippen molar-refractivity contribution >= 4 is 11.8 Å². The van der Waals surface area contributed by atoms with E-state index in [-0.39, 0.29) is 17.7 Å². The molecule has 6 heteroatoms. The fourth-order valence-corrected chi connectivity index (χ4v) is 5.05. The normalized spacial score (nSPS) is 32.9. The Bertz CT molecular complexity index is 907. The highest BCUT2D eigenvalue weighted by molar-refractivity contribution is 6.00. The van der Waals surface area contributed by atoms with Crippen molar-refractivity contribution in [1.29, 1.82) is 0 Å². The smallest absolute Gasteiger partial charge is 0.254 e. The molecule has 29 heavy (non-hydrogen) atoms. The summed E-state index contributed by atoms with van der Waals surface area (Å²) in [5, 5.41) is 2.69. The predicted octanol–water partition coefficient (Wildman–Crippen LogP) is 2.06. The summed E-state index contributed by atoms with van der Waals surface area (Å²) in [6.45, 7) is 3.13. The van der Waals surface area contributed by atoms with Crippen molar-refractivity contribution in [3.05, 3.63) is 58.9 Å². The predicted molar refractivity (Wildman–Crippen MR) is 109 cm³/mol. The summed E-state index contributed by atoms with van der Waals surface area (Å²) in [4.78, 5) is 25.6. The third-order valence-electron chi connectivity index (χ3n) is 6.87. The topological polar surface area (TPSA) is 90.7 Å². The van der Waals surface area contributed by atoms with Gasteiger partial charge in [-0.2, -0.15) is 0 Å². The molecule has 2 unspecified atom stereocenters. The first kappa shape index (κ1) is 19.7. The molecule has 2 aliphatic carbocycles. The van der Waals surface area contributed by atoms with E-state index in [1.807, 2.05) is 18.2 Å². The molecular weight excluding hydrogens is 368 g/mol. The monoisotopic (exact) mass is 396 g/mol. The van der Waals surface area contributed by atoms with Crippen molar-refractivity contribution in [2.45, 2.75) is 25.2 Å². The number of nitrogens with one attached hydrogen (secondary N) is 1. The third-order valence-corrected chi connectivity index (χ3v) is 6.87. The Kier molecular flexibility index (Phi) is 4.77. The summed E-state index contributed by atoms with van der Waals surface area (Å²) in [6, 6.07) is 10.1. The Morgan fingerprint density at radius 2 is 2.03 bits per heavy atom. The number of benzene rings is 1. The van der Waals surface area contributed by atoms with E-state index >= 15 is 0 Å². The Morgan fingerprint density at radius 1 is 1.31 bits per heavy atom. The first-order valence-electron chi connectivity index (χ1n) is 10.0. The summed E-state index contributed by atoms with van der Waals surface area (Å²) in [5.74, 6) is 0.272. The molecule has 0 spiro atoms. The molecule has 4 atom stereocenters. The number of hydrogen-bond donors (Lipinski definition) is 2. The van der Waals surface area contributed by atoms with Crippen molar-refractivity contribution in [3.8, 4) is 0 Å². The van der Waals surface area contributed by atoms with E-state index in [0.29, 0.717) is 31.0 Å². The molecule has 0 radical (unpaired) electrons. The molecule has 2 amide bonds. The van der Waals surface area contributed by atoms with Crippen LogP contribution in [0.2, 0.25) is 0 Å². The van der Waals surface area contributed by atoms with Gasteiger partial charge in [-0.1, -0.05) is 36.4 Å². The molecule has 1 saturated carbocycles. The second-order valence-electron chi connectivity index (χ2n) is 8.57. The second kappa shape index (κ2) is 7.02. The Hall–Kier alpha value is -2.60. The van der Waals surface area contributed by atoms with Crippen LogP contribution >= 0.6 is 0 Å². The molecule has 6 nitrogen and oxygen atoms in total. The van der Waals surface area contributed by atoms with E-state index in [1.165, 1.54) is 0 Å². The number of ether oxygens (including phenoxy) is 2. The van der Waals surface area contributed by atoms with Crippen LogP contribution in [0.25, 0.3) is 0 Å². The van der Waals surface area contributed by atoms with Crippen LogP contribution in [0, 0.1) is 17.3 Å². The van der Waals surface area contributed by atoms with Crippen molar-refractivity contribution < 1.29 is 19.1 Å². The number of likely N-dealkylation sites (N-methyl/N-ethyl adjacent to an activating group) is 1. The van der Waals surface area contributed by atoms with Gasteiger partial charge < -0.3 is 20.5 Å². The maximum absolute atomic E-state index is 12.8. The minimum atomic E-state index is -0.909. The first-order chi connectivity index (χ1) is 13.9. The Labute approximate surface area is 171 Å². The standard InChI is InChI=1S/C23H28N2O4/c1-22(15-7-5-4-6-8-15)13-29-19-16(20(26)25-2)10-23(21(24)27,11-18(19)22)17-9-14(17)12-28-3/h4-8,10,14,17H,9,11-13H2,1-3H3,(H2,24,27)(H,25,26)/t14-,17+,22?,23?/m0/s1. The highest BCUT2D eigenvalue weighted by atomic mass is 16.5. The highest BCUT2D eigenvalue weighted by Crippen LogP contribution is 2.60. The molecule has 1 aromatic carbocycles. The number of nitrogens with two attached hydrogens (primary N) is 1. The zero-order chi connectivity index (χ0) is 20.8. The number of carbonyl (C=O) groups is 2. The van der Waals surface area contributed by atoms with Crippen LogP contribution < -0.4 is 11.1 Å². The molecule has 0 bridgehead atoms. The SMILES string of the molecule is CNC(=O)C1=CC(C(N)=O)([C@@H]2C[C@H]2COC)CC2=C1OCC2(C)c1ccccc1. The maximum atomic E-state index is 12.8. The summed E-state index contributed by atoms with van der Waals surface area (Å²) >= 11 is 0. The van der Waals surface area contributed by atoms with E-state index in [2.05, 4.69) is 24.4 Å². The van der Waals surface area contributed by atoms with Crippen molar-refractivity contribution in [1.82, 2.24) is 5.32 Å². The van der Waals surface area contributed by atoms with Gasteiger partial charge in [0.25, 0.3) is 5.91 Å². The van der Waals surface area contributed by atoms with Gasteiger partial charge in [0, 0.05) is 20.8 Å². The molecule has 0 saturated heterocycles. The number of hydrogen-bond acceptors (Lipinski definition) is 4. The average Bonchev–Trinajstić information content (AvgIpc) is 3.43. The van der Waals surface area contributed by atoms with E-state index in [9.17, 15) is 9.59 Å². The zero-order valence-electron chi connectivity index (χ0n) is 17.2. The second-order valence-corrected chi connectivity index (χ2v) is 8.57. The fraction of sp³-hybridized carbons (Fsp3) is 0.478. The lowest BCUT2D eigenvalue weighted by Gasteiger charge is -2.37. The van der Waals surface area contributed by atoms with Gasteiger partial charge in [-0.3, -0.25) is 9.59 Å². The first-order valence-corrected chi connectivity index (χ1v) is 10.0. The van der Waals surface area contributed by atoms with Crippen molar-refractivity contribution in [2.24, 2.45) is 23.0 Å². The van der Waals surface area contributed by atoms with Gasteiger partial charge in [-0.25, -0.2) is 0 Å². The van der Waals surface area contributed by atoms with Crippen LogP contribution in [0.4, 0.5) is 0 Å². The molecule has 0 aromatic heterocycles. The number of methoxy groups -OCH3 is 1. The van der Waals surface area contributed by atoms with Crippen LogP contribution in [-0.2, 0) is 24.5 Å². The molecule has 3 aliphatic rings. The lowest BCUT2D eigenvalue weighted by atomic mass is 9.64. The van der Waals surface area contributed by atoms with E-state index in [1.54, 1.807) is 20.2 Å². The zero-order valence-corrected chi connectivity index (χ0v) is 17.2. The van der Waals surface area contributed by atoms with Gasteiger partial charge in [0.15, 0.2) is 0 Å². The van der Waals surface area contributed by atoms with Crippen LogP contribution in [0.5, 0.6) is 0 Å². The minimum Gasteiger partial charge on any atom is -0.492 e. The molecule has 1 heterocycles. The molecule has 1 aromatic rings. The fourth-order valence-electron chi connectivity index (χ4n) is 5.05.